The highest BCUT2D eigenvalue weighted by atomic mass is 32.2. The second kappa shape index (κ2) is 4.20. The van der Waals surface area contributed by atoms with Gasteiger partial charge in [-0.15, -0.1) is 0 Å². The summed E-state index contributed by atoms with van der Waals surface area (Å²) in [6.45, 7) is 0.664. The molecule has 0 aromatic carbocycles. The van der Waals surface area contributed by atoms with Crippen LogP contribution >= 0.6 is 0 Å². The van der Waals surface area contributed by atoms with Gasteiger partial charge in [-0.25, -0.2) is 13.4 Å². The van der Waals surface area contributed by atoms with Gasteiger partial charge in [-0.05, 0) is 43.7 Å². The zero-order chi connectivity index (χ0) is 12.8. The van der Waals surface area contributed by atoms with Gasteiger partial charge in [-0.2, -0.15) is 4.31 Å². The molecule has 2 aliphatic rings. The van der Waals surface area contributed by atoms with Crippen molar-refractivity contribution in [3.63, 3.8) is 0 Å². The summed E-state index contributed by atoms with van der Waals surface area (Å²) in [7, 11) is -3.39. The van der Waals surface area contributed by atoms with Crippen LogP contribution in [-0.4, -0.2) is 30.3 Å². The summed E-state index contributed by atoms with van der Waals surface area (Å²) in [6, 6.07) is 3.28. The Morgan fingerprint density at radius 2 is 2.00 bits per heavy atom. The molecule has 0 unspecified atom stereocenters. The molecule has 18 heavy (non-hydrogen) atoms. The Labute approximate surface area is 107 Å². The van der Waals surface area contributed by atoms with Crippen LogP contribution in [0.5, 0.6) is 0 Å². The summed E-state index contributed by atoms with van der Waals surface area (Å²) < 4.78 is 26.7. The average molecular weight is 267 g/mol. The van der Waals surface area contributed by atoms with Crippen LogP contribution in [0.15, 0.2) is 23.2 Å². The number of rotatable bonds is 5. The predicted molar refractivity (Wildman–Crippen MR) is 68.3 cm³/mol. The first-order valence-electron chi connectivity index (χ1n) is 6.31. The lowest BCUT2D eigenvalue weighted by atomic mass is 10.4. The number of hydrogen-bond acceptors (Lipinski definition) is 4. The second-order valence-corrected chi connectivity index (χ2v) is 7.06. The molecule has 2 saturated carbocycles. The maximum absolute atomic E-state index is 12.5. The molecule has 0 bridgehead atoms. The molecule has 0 atom stereocenters. The molecule has 2 fully saturated rings. The summed E-state index contributed by atoms with van der Waals surface area (Å²) in [6.07, 6.45) is 5.62. The molecule has 0 spiro atoms. The highest BCUT2D eigenvalue weighted by Gasteiger charge is 2.41. The highest BCUT2D eigenvalue weighted by Crippen LogP contribution is 2.37. The van der Waals surface area contributed by atoms with Gasteiger partial charge in [-0.1, -0.05) is 0 Å². The smallest absolute Gasteiger partial charge is 0.244 e. The molecule has 0 radical (unpaired) electrons. The van der Waals surface area contributed by atoms with Crippen molar-refractivity contribution in [3.05, 3.63) is 18.3 Å². The molecule has 1 heterocycles. The van der Waals surface area contributed by atoms with E-state index in [1.54, 1.807) is 10.4 Å². The van der Waals surface area contributed by atoms with Crippen LogP contribution in [0, 0.1) is 5.92 Å². The number of nitrogens with zero attached hydrogens (tertiary/aromatic N) is 2. The zero-order valence-electron chi connectivity index (χ0n) is 10.1. The van der Waals surface area contributed by atoms with Gasteiger partial charge in [0.1, 0.15) is 10.7 Å². The van der Waals surface area contributed by atoms with Crippen molar-refractivity contribution in [1.29, 1.82) is 0 Å². The van der Waals surface area contributed by atoms with E-state index in [-0.39, 0.29) is 10.9 Å². The van der Waals surface area contributed by atoms with Gasteiger partial charge >= 0.3 is 0 Å². The fourth-order valence-electron chi connectivity index (χ4n) is 2.04. The van der Waals surface area contributed by atoms with Crippen LogP contribution in [0.1, 0.15) is 25.7 Å². The van der Waals surface area contributed by atoms with Crippen molar-refractivity contribution in [3.8, 4) is 0 Å². The third-order valence-electron chi connectivity index (χ3n) is 3.46. The third-order valence-corrected chi connectivity index (χ3v) is 5.36. The van der Waals surface area contributed by atoms with E-state index >= 15 is 0 Å². The largest absolute Gasteiger partial charge is 0.384 e. The van der Waals surface area contributed by atoms with Gasteiger partial charge in [0.25, 0.3) is 0 Å². The maximum atomic E-state index is 12.5. The number of nitrogens with two attached hydrogens (primary N) is 1. The fourth-order valence-corrected chi connectivity index (χ4v) is 3.75. The van der Waals surface area contributed by atoms with Crippen molar-refractivity contribution in [1.82, 2.24) is 9.29 Å². The van der Waals surface area contributed by atoms with E-state index in [4.69, 9.17) is 5.73 Å². The molecule has 98 valence electrons. The van der Waals surface area contributed by atoms with Gasteiger partial charge in [0, 0.05) is 18.8 Å². The number of hydrogen-bond donors (Lipinski definition) is 1. The Bertz CT molecular complexity index is 533. The van der Waals surface area contributed by atoms with Crippen molar-refractivity contribution < 1.29 is 8.42 Å². The van der Waals surface area contributed by atoms with Crippen LogP contribution in [-0.2, 0) is 10.0 Å². The van der Waals surface area contributed by atoms with Crippen LogP contribution in [0.2, 0.25) is 0 Å². The molecule has 0 amide bonds. The van der Waals surface area contributed by atoms with E-state index in [9.17, 15) is 8.42 Å². The first-order chi connectivity index (χ1) is 8.57. The number of anilines is 1. The third kappa shape index (κ3) is 2.35. The van der Waals surface area contributed by atoms with Crippen molar-refractivity contribution in [2.24, 2.45) is 5.92 Å². The molecule has 0 aliphatic heterocycles. The minimum absolute atomic E-state index is 0.202. The SMILES string of the molecule is Nc1ccc(S(=O)(=O)N(CC2CC2)C2CC2)cn1. The Morgan fingerprint density at radius 1 is 1.28 bits per heavy atom. The number of sulfonamides is 1. The highest BCUT2D eigenvalue weighted by molar-refractivity contribution is 7.89. The molecule has 5 nitrogen and oxygen atoms in total. The van der Waals surface area contributed by atoms with Crippen LogP contribution < -0.4 is 5.73 Å². The van der Waals surface area contributed by atoms with E-state index < -0.39 is 10.0 Å². The molecular formula is C12H17N3O2S. The Hall–Kier alpha value is -1.14. The second-order valence-electron chi connectivity index (χ2n) is 5.17. The minimum atomic E-state index is -3.39. The fraction of sp³-hybridized carbons (Fsp3) is 0.583. The summed E-state index contributed by atoms with van der Waals surface area (Å²) in [5.74, 6) is 0.899. The lowest BCUT2D eigenvalue weighted by Gasteiger charge is -2.21. The molecule has 2 aliphatic carbocycles. The topological polar surface area (TPSA) is 76.3 Å². The van der Waals surface area contributed by atoms with Crippen molar-refractivity contribution in [2.75, 3.05) is 12.3 Å². The standard InChI is InChI=1S/C12H17N3O2S/c13-12-6-5-11(7-14-12)18(16,17)15(10-3-4-10)8-9-1-2-9/h5-7,9-10H,1-4,8H2,(H2,13,14). The van der Waals surface area contributed by atoms with Gasteiger partial charge in [0.05, 0.1) is 0 Å². The summed E-state index contributed by atoms with van der Waals surface area (Å²) in [5.41, 5.74) is 5.49. The zero-order valence-corrected chi connectivity index (χ0v) is 10.9. The lowest BCUT2D eigenvalue weighted by Crippen LogP contribution is -2.35. The maximum Gasteiger partial charge on any atom is 0.244 e. The number of aromatic nitrogens is 1. The van der Waals surface area contributed by atoms with Gasteiger partial charge in [-0.3, -0.25) is 0 Å². The normalized spacial score (nSPS) is 20.3. The summed E-state index contributed by atoms with van der Waals surface area (Å²) in [5, 5.41) is 0. The molecule has 2 N–H and O–H groups in total. The molecule has 3 rings (SSSR count). The molecular weight excluding hydrogens is 250 g/mol. The summed E-state index contributed by atoms with van der Waals surface area (Å²) in [4.78, 5) is 4.13. The summed E-state index contributed by atoms with van der Waals surface area (Å²) >= 11 is 0. The minimum Gasteiger partial charge on any atom is -0.384 e. The van der Waals surface area contributed by atoms with Gasteiger partial charge in [0.15, 0.2) is 0 Å². The van der Waals surface area contributed by atoms with Crippen LogP contribution in [0.4, 0.5) is 5.82 Å². The first-order valence-corrected chi connectivity index (χ1v) is 7.75. The number of nitrogen functional groups attached to an aromatic ring is 1. The first kappa shape index (κ1) is 11.9. The van der Waals surface area contributed by atoms with Crippen molar-refractivity contribution in [2.45, 2.75) is 36.6 Å². The van der Waals surface area contributed by atoms with Gasteiger partial charge < -0.3 is 5.73 Å². The van der Waals surface area contributed by atoms with E-state index in [1.165, 1.54) is 12.3 Å². The monoisotopic (exact) mass is 267 g/mol. The van der Waals surface area contributed by atoms with Gasteiger partial charge in [0.2, 0.25) is 10.0 Å². The molecule has 6 heteroatoms. The average Bonchev–Trinajstić information content (AvgIpc) is 3.19. The van der Waals surface area contributed by atoms with E-state index in [0.717, 1.165) is 25.7 Å². The molecule has 1 aromatic rings. The quantitative estimate of drug-likeness (QED) is 0.870. The molecule has 1 aromatic heterocycles. The lowest BCUT2D eigenvalue weighted by molar-refractivity contribution is 0.388. The van der Waals surface area contributed by atoms with E-state index in [0.29, 0.717) is 18.3 Å². The Morgan fingerprint density at radius 3 is 2.50 bits per heavy atom. The Balaban J connectivity index is 1.88. The number of pyridine rings is 1. The molecule has 0 saturated heterocycles. The van der Waals surface area contributed by atoms with Crippen LogP contribution in [0.3, 0.4) is 0 Å². The van der Waals surface area contributed by atoms with E-state index in [2.05, 4.69) is 4.98 Å². The predicted octanol–water partition coefficient (Wildman–Crippen LogP) is 1.23. The van der Waals surface area contributed by atoms with Crippen molar-refractivity contribution >= 4 is 15.8 Å². The van der Waals surface area contributed by atoms with E-state index in [1.807, 2.05) is 0 Å². The Kier molecular flexibility index (Phi) is 2.79. The van der Waals surface area contributed by atoms with Crippen LogP contribution in [0.25, 0.3) is 0 Å².